The molecule has 1 aromatic heterocycles. The Bertz CT molecular complexity index is 251. The number of hydrogen-bond acceptors (Lipinski definition) is 3. The molecule has 0 amide bonds. The fraction of sp³-hybridized carbons (Fsp3) is 0.667. The van der Waals surface area contributed by atoms with Crippen molar-refractivity contribution in [2.45, 2.75) is 26.2 Å². The second-order valence-corrected chi connectivity index (χ2v) is 3.30. The van der Waals surface area contributed by atoms with Gasteiger partial charge in [-0.2, -0.15) is 0 Å². The van der Waals surface area contributed by atoms with Crippen LogP contribution in [0.15, 0.2) is 10.6 Å². The molecule has 1 aromatic rings. The molecular formula is C9H14N2O. The van der Waals surface area contributed by atoms with E-state index in [-0.39, 0.29) is 0 Å². The minimum atomic E-state index is 0.798. The van der Waals surface area contributed by atoms with Gasteiger partial charge in [0.25, 0.3) is 6.01 Å². The third kappa shape index (κ3) is 1.44. The Kier molecular flexibility index (Phi) is 2.02. The van der Waals surface area contributed by atoms with Crippen LogP contribution in [0.5, 0.6) is 0 Å². The molecule has 0 unspecified atom stereocenters. The Labute approximate surface area is 72.4 Å². The highest BCUT2D eigenvalue weighted by Crippen LogP contribution is 2.18. The lowest BCUT2D eigenvalue weighted by Gasteiger charge is -2.24. The van der Waals surface area contributed by atoms with E-state index in [0.29, 0.717) is 0 Å². The third-order valence-corrected chi connectivity index (χ3v) is 2.24. The van der Waals surface area contributed by atoms with Gasteiger partial charge < -0.3 is 9.32 Å². The van der Waals surface area contributed by atoms with Crippen LogP contribution in [-0.2, 0) is 0 Å². The predicted molar refractivity (Wildman–Crippen MR) is 47.3 cm³/mol. The van der Waals surface area contributed by atoms with Gasteiger partial charge in [-0.15, -0.1) is 0 Å². The van der Waals surface area contributed by atoms with Crippen LogP contribution in [-0.4, -0.2) is 18.1 Å². The average molecular weight is 166 g/mol. The Morgan fingerprint density at radius 2 is 2.08 bits per heavy atom. The fourth-order valence-corrected chi connectivity index (χ4v) is 1.57. The van der Waals surface area contributed by atoms with Gasteiger partial charge in [0.2, 0.25) is 0 Å². The number of nitrogens with zero attached hydrogens (tertiary/aromatic N) is 2. The van der Waals surface area contributed by atoms with Crippen molar-refractivity contribution >= 4 is 6.01 Å². The molecule has 0 aliphatic carbocycles. The summed E-state index contributed by atoms with van der Waals surface area (Å²) in [6, 6.07) is 0.798. The zero-order valence-corrected chi connectivity index (χ0v) is 7.42. The average Bonchev–Trinajstić information content (AvgIpc) is 2.54. The Morgan fingerprint density at radius 3 is 2.67 bits per heavy atom. The van der Waals surface area contributed by atoms with E-state index >= 15 is 0 Å². The Morgan fingerprint density at radius 1 is 1.33 bits per heavy atom. The number of oxazole rings is 1. The monoisotopic (exact) mass is 166 g/mol. The van der Waals surface area contributed by atoms with Crippen LogP contribution in [0.4, 0.5) is 6.01 Å². The molecule has 0 spiro atoms. The molecule has 1 fully saturated rings. The molecule has 66 valence electrons. The molecule has 12 heavy (non-hydrogen) atoms. The van der Waals surface area contributed by atoms with Crippen molar-refractivity contribution < 1.29 is 4.42 Å². The first-order valence-corrected chi connectivity index (χ1v) is 4.53. The van der Waals surface area contributed by atoms with Crippen molar-refractivity contribution in [2.75, 3.05) is 18.0 Å². The molecule has 1 aliphatic rings. The maximum Gasteiger partial charge on any atom is 0.297 e. The summed E-state index contributed by atoms with van der Waals surface area (Å²) in [4.78, 5) is 6.42. The van der Waals surface area contributed by atoms with Crippen molar-refractivity contribution in [2.24, 2.45) is 0 Å². The smallest absolute Gasteiger partial charge is 0.297 e. The molecule has 3 heteroatoms. The number of aromatic nitrogens is 1. The van der Waals surface area contributed by atoms with Gasteiger partial charge in [0.1, 0.15) is 5.76 Å². The van der Waals surface area contributed by atoms with Crippen LogP contribution >= 0.6 is 0 Å². The molecule has 1 aliphatic heterocycles. The molecular weight excluding hydrogens is 152 g/mol. The summed E-state index contributed by atoms with van der Waals surface area (Å²) in [6.07, 6.45) is 5.66. The lowest BCUT2D eigenvalue weighted by Crippen LogP contribution is -2.29. The summed E-state index contributed by atoms with van der Waals surface area (Å²) in [5.74, 6) is 0.899. The number of rotatable bonds is 1. The van der Waals surface area contributed by atoms with E-state index in [1.54, 1.807) is 6.20 Å². The van der Waals surface area contributed by atoms with E-state index in [4.69, 9.17) is 4.42 Å². The van der Waals surface area contributed by atoms with E-state index < -0.39 is 0 Å². The fourth-order valence-electron chi connectivity index (χ4n) is 1.57. The van der Waals surface area contributed by atoms with Crippen LogP contribution in [0.3, 0.4) is 0 Å². The van der Waals surface area contributed by atoms with Crippen LogP contribution in [0.1, 0.15) is 25.0 Å². The highest BCUT2D eigenvalue weighted by molar-refractivity contribution is 5.26. The zero-order valence-electron chi connectivity index (χ0n) is 7.42. The van der Waals surface area contributed by atoms with Gasteiger partial charge in [-0.05, 0) is 26.2 Å². The summed E-state index contributed by atoms with van der Waals surface area (Å²) < 4.78 is 5.44. The summed E-state index contributed by atoms with van der Waals surface area (Å²) in [7, 11) is 0. The van der Waals surface area contributed by atoms with Gasteiger partial charge in [-0.3, -0.25) is 0 Å². The van der Waals surface area contributed by atoms with Crippen molar-refractivity contribution in [1.29, 1.82) is 0 Å². The van der Waals surface area contributed by atoms with Gasteiger partial charge in [-0.25, -0.2) is 4.98 Å². The standard InChI is InChI=1S/C9H14N2O/c1-8-7-10-9(12-8)11-5-3-2-4-6-11/h7H,2-6H2,1H3. The lowest BCUT2D eigenvalue weighted by molar-refractivity contribution is 0.477. The normalized spacial score (nSPS) is 18.2. The zero-order chi connectivity index (χ0) is 8.39. The highest BCUT2D eigenvalue weighted by atomic mass is 16.4. The summed E-state index contributed by atoms with van der Waals surface area (Å²) in [5.41, 5.74) is 0. The van der Waals surface area contributed by atoms with Gasteiger partial charge in [0.05, 0.1) is 6.20 Å². The van der Waals surface area contributed by atoms with Gasteiger partial charge >= 0.3 is 0 Å². The van der Waals surface area contributed by atoms with Crippen LogP contribution in [0.2, 0.25) is 0 Å². The Balaban J connectivity index is 2.08. The first-order valence-electron chi connectivity index (χ1n) is 4.53. The third-order valence-electron chi connectivity index (χ3n) is 2.24. The summed E-state index contributed by atoms with van der Waals surface area (Å²) in [6.45, 7) is 4.13. The molecule has 2 heterocycles. The molecule has 0 saturated carbocycles. The maximum absolute atomic E-state index is 5.44. The van der Waals surface area contributed by atoms with Crippen molar-refractivity contribution in [3.8, 4) is 0 Å². The number of piperidine rings is 1. The minimum Gasteiger partial charge on any atom is -0.429 e. The molecule has 0 radical (unpaired) electrons. The maximum atomic E-state index is 5.44. The largest absolute Gasteiger partial charge is 0.429 e. The van der Waals surface area contributed by atoms with Crippen LogP contribution in [0.25, 0.3) is 0 Å². The quantitative estimate of drug-likeness (QED) is 0.638. The minimum absolute atomic E-state index is 0.798. The van der Waals surface area contributed by atoms with E-state index in [2.05, 4.69) is 9.88 Å². The lowest BCUT2D eigenvalue weighted by atomic mass is 10.1. The summed E-state index contributed by atoms with van der Waals surface area (Å²) in [5, 5.41) is 0. The number of aryl methyl sites for hydroxylation is 1. The number of hydrogen-bond donors (Lipinski definition) is 0. The van der Waals surface area contributed by atoms with E-state index in [9.17, 15) is 0 Å². The number of anilines is 1. The molecule has 0 atom stereocenters. The highest BCUT2D eigenvalue weighted by Gasteiger charge is 2.14. The Hall–Kier alpha value is -0.990. The topological polar surface area (TPSA) is 29.3 Å². The van der Waals surface area contributed by atoms with E-state index in [1.807, 2.05) is 6.92 Å². The first-order chi connectivity index (χ1) is 5.86. The molecule has 1 saturated heterocycles. The molecule has 0 aromatic carbocycles. The van der Waals surface area contributed by atoms with E-state index in [1.165, 1.54) is 19.3 Å². The van der Waals surface area contributed by atoms with Gasteiger partial charge in [0.15, 0.2) is 0 Å². The molecule has 0 N–H and O–H groups in total. The van der Waals surface area contributed by atoms with Gasteiger partial charge in [-0.1, -0.05) is 0 Å². The molecule has 2 rings (SSSR count). The SMILES string of the molecule is Cc1cnc(N2CCCCC2)o1. The second kappa shape index (κ2) is 3.17. The summed E-state index contributed by atoms with van der Waals surface area (Å²) >= 11 is 0. The second-order valence-electron chi connectivity index (χ2n) is 3.30. The van der Waals surface area contributed by atoms with Crippen LogP contribution < -0.4 is 4.90 Å². The van der Waals surface area contributed by atoms with Gasteiger partial charge in [0, 0.05) is 13.1 Å². The molecule has 3 nitrogen and oxygen atoms in total. The van der Waals surface area contributed by atoms with Crippen LogP contribution in [0, 0.1) is 6.92 Å². The first kappa shape index (κ1) is 7.65. The van der Waals surface area contributed by atoms with Crippen molar-refractivity contribution in [3.05, 3.63) is 12.0 Å². The van der Waals surface area contributed by atoms with Crippen molar-refractivity contribution in [1.82, 2.24) is 4.98 Å². The van der Waals surface area contributed by atoms with Crippen molar-refractivity contribution in [3.63, 3.8) is 0 Å². The van der Waals surface area contributed by atoms with E-state index in [0.717, 1.165) is 24.9 Å². The molecule has 0 bridgehead atoms. The predicted octanol–water partition coefficient (Wildman–Crippen LogP) is 1.97.